The van der Waals surface area contributed by atoms with Gasteiger partial charge >= 0.3 is 0 Å². The van der Waals surface area contributed by atoms with Gasteiger partial charge in [-0.3, -0.25) is 0 Å². The number of rotatable bonds is 0. The van der Waals surface area contributed by atoms with Crippen LogP contribution in [0.3, 0.4) is 0 Å². The molecule has 0 saturated carbocycles. The molecule has 1 nitrogen and oxygen atoms in total. The van der Waals surface area contributed by atoms with Gasteiger partial charge in [0.25, 0.3) is 0 Å². The molecule has 0 unspecified atom stereocenters. The molecule has 0 aliphatic rings. The minimum atomic E-state index is 0.601. The Labute approximate surface area is 88.7 Å². The SMILES string of the molecule is Cc1cc(C)c2nc(Cl)c(C)cc2c1. The number of halogens is 1. The Morgan fingerprint density at radius 1 is 1.00 bits per heavy atom. The van der Waals surface area contributed by atoms with Gasteiger partial charge in [0.2, 0.25) is 0 Å². The fraction of sp³-hybridized carbons (Fsp3) is 0.250. The van der Waals surface area contributed by atoms with Crippen LogP contribution in [-0.4, -0.2) is 4.98 Å². The largest absolute Gasteiger partial charge is 0.236 e. The van der Waals surface area contributed by atoms with Crippen molar-refractivity contribution < 1.29 is 0 Å². The van der Waals surface area contributed by atoms with Gasteiger partial charge in [-0.05, 0) is 44.0 Å². The van der Waals surface area contributed by atoms with E-state index < -0.39 is 0 Å². The van der Waals surface area contributed by atoms with Crippen molar-refractivity contribution in [2.24, 2.45) is 0 Å². The minimum absolute atomic E-state index is 0.601. The van der Waals surface area contributed by atoms with Crippen molar-refractivity contribution in [3.05, 3.63) is 40.0 Å². The van der Waals surface area contributed by atoms with E-state index in [1.54, 1.807) is 0 Å². The highest BCUT2D eigenvalue weighted by Crippen LogP contribution is 2.23. The van der Waals surface area contributed by atoms with Gasteiger partial charge in [-0.25, -0.2) is 4.98 Å². The maximum Gasteiger partial charge on any atom is 0.132 e. The van der Waals surface area contributed by atoms with Crippen molar-refractivity contribution in [3.8, 4) is 0 Å². The van der Waals surface area contributed by atoms with Gasteiger partial charge in [-0.15, -0.1) is 0 Å². The predicted octanol–water partition coefficient (Wildman–Crippen LogP) is 3.81. The molecule has 0 fully saturated rings. The maximum atomic E-state index is 5.99. The van der Waals surface area contributed by atoms with E-state index in [1.165, 1.54) is 16.5 Å². The molecular weight excluding hydrogens is 194 g/mol. The van der Waals surface area contributed by atoms with Crippen LogP contribution in [0.2, 0.25) is 5.15 Å². The smallest absolute Gasteiger partial charge is 0.132 e. The average Bonchev–Trinajstić information content (AvgIpc) is 2.08. The van der Waals surface area contributed by atoms with Crippen molar-refractivity contribution in [2.45, 2.75) is 20.8 Å². The van der Waals surface area contributed by atoms with Crippen molar-refractivity contribution >= 4 is 22.5 Å². The van der Waals surface area contributed by atoms with Gasteiger partial charge in [0.15, 0.2) is 0 Å². The molecule has 0 saturated heterocycles. The van der Waals surface area contributed by atoms with Crippen LogP contribution >= 0.6 is 11.6 Å². The molecule has 0 amide bonds. The number of pyridine rings is 1. The Balaban J connectivity index is 2.89. The normalized spacial score (nSPS) is 10.9. The fourth-order valence-electron chi connectivity index (χ4n) is 1.73. The number of fused-ring (bicyclic) bond motifs is 1. The number of benzene rings is 1. The fourth-order valence-corrected chi connectivity index (χ4v) is 1.87. The topological polar surface area (TPSA) is 12.9 Å². The second-order valence-corrected chi connectivity index (χ2v) is 4.11. The zero-order chi connectivity index (χ0) is 10.3. The average molecular weight is 206 g/mol. The molecular formula is C12H12ClN. The van der Waals surface area contributed by atoms with Crippen LogP contribution < -0.4 is 0 Å². The first-order valence-corrected chi connectivity index (χ1v) is 5.00. The van der Waals surface area contributed by atoms with Gasteiger partial charge < -0.3 is 0 Å². The molecule has 0 atom stereocenters. The lowest BCUT2D eigenvalue weighted by Crippen LogP contribution is -1.88. The first-order chi connectivity index (χ1) is 6.58. The van der Waals surface area contributed by atoms with Crippen LogP contribution in [0.1, 0.15) is 16.7 Å². The maximum absolute atomic E-state index is 5.99. The lowest BCUT2D eigenvalue weighted by molar-refractivity contribution is 1.30. The summed E-state index contributed by atoms with van der Waals surface area (Å²) >= 11 is 5.99. The molecule has 2 rings (SSSR count). The van der Waals surface area contributed by atoms with E-state index in [4.69, 9.17) is 11.6 Å². The highest BCUT2D eigenvalue weighted by atomic mass is 35.5. The third kappa shape index (κ3) is 1.48. The second kappa shape index (κ2) is 3.25. The van der Waals surface area contributed by atoms with E-state index in [-0.39, 0.29) is 0 Å². The second-order valence-electron chi connectivity index (χ2n) is 3.75. The van der Waals surface area contributed by atoms with Gasteiger partial charge in [-0.2, -0.15) is 0 Å². The summed E-state index contributed by atoms with van der Waals surface area (Å²) in [6, 6.07) is 6.35. The monoisotopic (exact) mass is 205 g/mol. The molecule has 72 valence electrons. The summed E-state index contributed by atoms with van der Waals surface area (Å²) in [6.07, 6.45) is 0. The van der Waals surface area contributed by atoms with Crippen LogP contribution in [0.4, 0.5) is 0 Å². The highest BCUT2D eigenvalue weighted by Gasteiger charge is 2.03. The lowest BCUT2D eigenvalue weighted by atomic mass is 10.1. The molecule has 1 aromatic carbocycles. The van der Waals surface area contributed by atoms with Crippen LogP contribution in [0, 0.1) is 20.8 Å². The van der Waals surface area contributed by atoms with Gasteiger partial charge in [0.05, 0.1) is 5.52 Å². The Morgan fingerprint density at radius 3 is 2.43 bits per heavy atom. The molecule has 0 radical (unpaired) electrons. The summed E-state index contributed by atoms with van der Waals surface area (Å²) in [6.45, 7) is 6.14. The van der Waals surface area contributed by atoms with Gasteiger partial charge in [-0.1, -0.05) is 23.2 Å². The Kier molecular flexibility index (Phi) is 2.20. The molecule has 1 heterocycles. The number of hydrogen-bond acceptors (Lipinski definition) is 1. The predicted molar refractivity (Wildman–Crippen MR) is 61.0 cm³/mol. The van der Waals surface area contributed by atoms with E-state index in [9.17, 15) is 0 Å². The summed E-state index contributed by atoms with van der Waals surface area (Å²) in [5.41, 5.74) is 4.48. The Morgan fingerprint density at radius 2 is 1.71 bits per heavy atom. The molecule has 14 heavy (non-hydrogen) atoms. The summed E-state index contributed by atoms with van der Waals surface area (Å²) < 4.78 is 0. The van der Waals surface area contributed by atoms with Crippen LogP contribution in [0.15, 0.2) is 18.2 Å². The Hall–Kier alpha value is -1.08. The summed E-state index contributed by atoms with van der Waals surface area (Å²) in [4.78, 5) is 4.38. The van der Waals surface area contributed by atoms with Gasteiger partial charge in [0, 0.05) is 5.39 Å². The molecule has 0 N–H and O–H groups in total. The van der Waals surface area contributed by atoms with Crippen LogP contribution in [0.5, 0.6) is 0 Å². The standard InChI is InChI=1S/C12H12ClN/c1-7-4-8(2)11-10(5-7)6-9(3)12(13)14-11/h4-6H,1-3H3. The third-order valence-corrected chi connectivity index (χ3v) is 2.76. The van der Waals surface area contributed by atoms with Crippen molar-refractivity contribution in [1.82, 2.24) is 4.98 Å². The van der Waals surface area contributed by atoms with E-state index in [1.807, 2.05) is 6.92 Å². The zero-order valence-corrected chi connectivity index (χ0v) is 9.31. The third-order valence-electron chi connectivity index (χ3n) is 2.38. The van der Waals surface area contributed by atoms with E-state index in [0.29, 0.717) is 5.15 Å². The number of nitrogens with zero attached hydrogens (tertiary/aromatic N) is 1. The Bertz CT molecular complexity index is 503. The molecule has 0 aliphatic carbocycles. The first-order valence-electron chi connectivity index (χ1n) is 4.62. The number of aromatic nitrogens is 1. The van der Waals surface area contributed by atoms with Crippen LogP contribution in [0.25, 0.3) is 10.9 Å². The summed E-state index contributed by atoms with van der Waals surface area (Å²) in [5.74, 6) is 0. The van der Waals surface area contributed by atoms with E-state index >= 15 is 0 Å². The highest BCUT2D eigenvalue weighted by molar-refractivity contribution is 6.30. The zero-order valence-electron chi connectivity index (χ0n) is 8.56. The van der Waals surface area contributed by atoms with Gasteiger partial charge in [0.1, 0.15) is 5.15 Å². The van der Waals surface area contributed by atoms with Crippen LogP contribution in [-0.2, 0) is 0 Å². The summed E-state index contributed by atoms with van der Waals surface area (Å²) in [5, 5.41) is 1.77. The molecule has 2 aromatic rings. The number of hydrogen-bond donors (Lipinski definition) is 0. The summed E-state index contributed by atoms with van der Waals surface area (Å²) in [7, 11) is 0. The van der Waals surface area contributed by atoms with Crippen molar-refractivity contribution in [3.63, 3.8) is 0 Å². The quantitative estimate of drug-likeness (QED) is 0.596. The molecule has 2 heteroatoms. The number of aryl methyl sites for hydroxylation is 3. The van der Waals surface area contributed by atoms with E-state index in [0.717, 1.165) is 11.1 Å². The molecule has 0 bridgehead atoms. The molecule has 0 spiro atoms. The molecule has 1 aromatic heterocycles. The van der Waals surface area contributed by atoms with Crippen molar-refractivity contribution in [2.75, 3.05) is 0 Å². The minimum Gasteiger partial charge on any atom is -0.236 e. The lowest BCUT2D eigenvalue weighted by Gasteiger charge is -2.05. The molecule has 0 aliphatic heterocycles. The first kappa shape index (κ1) is 9.47. The van der Waals surface area contributed by atoms with E-state index in [2.05, 4.69) is 37.0 Å². The van der Waals surface area contributed by atoms with Crippen molar-refractivity contribution in [1.29, 1.82) is 0 Å².